The lowest BCUT2D eigenvalue weighted by Crippen LogP contribution is -2.43. The van der Waals surface area contributed by atoms with Gasteiger partial charge in [0.25, 0.3) is 0 Å². The first-order valence-electron chi connectivity index (χ1n) is 10.6. The van der Waals surface area contributed by atoms with Crippen LogP contribution < -0.4 is 15.3 Å². The molecule has 3 aromatic rings. The van der Waals surface area contributed by atoms with E-state index in [-0.39, 0.29) is 27.7 Å². The first-order chi connectivity index (χ1) is 15.3. The number of anilines is 1. The third kappa shape index (κ3) is 4.13. The predicted octanol–water partition coefficient (Wildman–Crippen LogP) is 5.04. The molecular formula is C22H24Cl2FN5O2. The van der Waals surface area contributed by atoms with Crippen LogP contribution in [0.4, 0.5) is 10.2 Å². The lowest BCUT2D eigenvalue weighted by molar-refractivity contribution is 0.316. The van der Waals surface area contributed by atoms with Crippen molar-refractivity contribution in [2.24, 2.45) is 5.92 Å². The van der Waals surface area contributed by atoms with Crippen LogP contribution in [-0.4, -0.2) is 38.7 Å². The van der Waals surface area contributed by atoms with Gasteiger partial charge in [-0.15, -0.1) is 0 Å². The fourth-order valence-electron chi connectivity index (χ4n) is 4.03. The van der Waals surface area contributed by atoms with Gasteiger partial charge in [0.05, 0.1) is 12.0 Å². The molecule has 0 unspecified atom stereocenters. The second-order valence-corrected chi connectivity index (χ2v) is 8.88. The van der Waals surface area contributed by atoms with Crippen LogP contribution in [0.1, 0.15) is 40.0 Å². The molecule has 3 aromatic heterocycles. The van der Waals surface area contributed by atoms with Crippen molar-refractivity contribution in [1.82, 2.24) is 19.5 Å². The monoisotopic (exact) mass is 479 g/mol. The number of pyridine rings is 2. The quantitative estimate of drug-likeness (QED) is 0.477. The van der Waals surface area contributed by atoms with Gasteiger partial charge in [-0.25, -0.2) is 23.7 Å². The maximum absolute atomic E-state index is 14.5. The van der Waals surface area contributed by atoms with Crippen LogP contribution in [0.3, 0.4) is 0 Å². The minimum absolute atomic E-state index is 0.0405. The summed E-state index contributed by atoms with van der Waals surface area (Å²) in [5.41, 5.74) is -0.274. The van der Waals surface area contributed by atoms with Gasteiger partial charge in [-0.1, -0.05) is 37.0 Å². The van der Waals surface area contributed by atoms with Gasteiger partial charge in [0.1, 0.15) is 17.3 Å². The molecule has 0 amide bonds. The molecule has 10 heteroatoms. The summed E-state index contributed by atoms with van der Waals surface area (Å²) in [7, 11) is 0. The van der Waals surface area contributed by atoms with Gasteiger partial charge in [-0.05, 0) is 38.2 Å². The Bertz CT molecular complexity index is 1220. The van der Waals surface area contributed by atoms with E-state index in [1.165, 1.54) is 16.8 Å². The summed E-state index contributed by atoms with van der Waals surface area (Å²) < 4.78 is 21.5. The van der Waals surface area contributed by atoms with Gasteiger partial charge < -0.3 is 9.64 Å². The molecule has 0 bridgehead atoms. The molecule has 0 aromatic carbocycles. The summed E-state index contributed by atoms with van der Waals surface area (Å²) in [4.78, 5) is 28.1. The van der Waals surface area contributed by atoms with Crippen LogP contribution in [0.5, 0.6) is 5.75 Å². The molecule has 1 aliphatic heterocycles. The van der Waals surface area contributed by atoms with E-state index in [0.29, 0.717) is 36.0 Å². The summed E-state index contributed by atoms with van der Waals surface area (Å²) in [6.45, 7) is 7.29. The van der Waals surface area contributed by atoms with E-state index in [2.05, 4.69) is 28.8 Å². The zero-order chi connectivity index (χ0) is 23.0. The lowest BCUT2D eigenvalue weighted by Gasteiger charge is -2.38. The Labute approximate surface area is 195 Å². The van der Waals surface area contributed by atoms with Gasteiger partial charge in [-0.2, -0.15) is 4.98 Å². The van der Waals surface area contributed by atoms with Crippen molar-refractivity contribution in [3.8, 4) is 11.4 Å². The number of halogens is 3. The minimum atomic E-state index is -0.690. The van der Waals surface area contributed by atoms with E-state index < -0.39 is 11.5 Å². The molecule has 0 radical (unpaired) electrons. The third-order valence-corrected chi connectivity index (χ3v) is 6.22. The minimum Gasteiger partial charge on any atom is -0.491 e. The summed E-state index contributed by atoms with van der Waals surface area (Å²) in [5.74, 6) is 0.466. The summed E-state index contributed by atoms with van der Waals surface area (Å²) >= 11 is 12.4. The summed E-state index contributed by atoms with van der Waals surface area (Å²) in [5, 5.41) is 0.0616. The Morgan fingerprint density at radius 2 is 2.00 bits per heavy atom. The fourth-order valence-corrected chi connectivity index (χ4v) is 4.40. The molecule has 1 saturated heterocycles. The topological polar surface area (TPSA) is 73.1 Å². The van der Waals surface area contributed by atoms with Crippen LogP contribution >= 0.6 is 23.2 Å². The number of rotatable bonds is 5. The number of hydrogen-bond acceptors (Lipinski definition) is 6. The smallest absolute Gasteiger partial charge is 0.356 e. The molecule has 170 valence electrons. The molecule has 0 spiro atoms. The van der Waals surface area contributed by atoms with Crippen LogP contribution in [0, 0.1) is 11.7 Å². The zero-order valence-electron chi connectivity index (χ0n) is 18.1. The highest BCUT2D eigenvalue weighted by atomic mass is 35.5. The molecule has 1 fully saturated rings. The van der Waals surface area contributed by atoms with Crippen LogP contribution in [0.25, 0.3) is 16.7 Å². The van der Waals surface area contributed by atoms with Crippen molar-refractivity contribution in [3.63, 3.8) is 0 Å². The molecule has 1 aliphatic rings. The first-order valence-corrected chi connectivity index (χ1v) is 11.4. The highest BCUT2D eigenvalue weighted by Crippen LogP contribution is 2.35. The van der Waals surface area contributed by atoms with E-state index >= 15 is 0 Å². The van der Waals surface area contributed by atoms with Gasteiger partial charge in [0.15, 0.2) is 21.8 Å². The normalized spacial score (nSPS) is 18.9. The average Bonchev–Trinajstić information content (AvgIpc) is 2.76. The number of aromatic nitrogens is 4. The summed E-state index contributed by atoms with van der Waals surface area (Å²) in [6, 6.07) is 3.02. The summed E-state index contributed by atoms with van der Waals surface area (Å²) in [6.07, 6.45) is 4.27. The highest BCUT2D eigenvalue weighted by molar-refractivity contribution is 6.31. The molecule has 4 rings (SSSR count). The number of fused-ring (bicyclic) bond motifs is 1. The maximum Gasteiger partial charge on any atom is 0.356 e. The van der Waals surface area contributed by atoms with Crippen LogP contribution in [0.15, 0.2) is 23.1 Å². The largest absolute Gasteiger partial charge is 0.491 e. The van der Waals surface area contributed by atoms with Crippen LogP contribution in [-0.2, 0) is 0 Å². The third-order valence-electron chi connectivity index (χ3n) is 5.68. The molecular weight excluding hydrogens is 456 g/mol. The number of ether oxygens (including phenoxy) is 1. The molecule has 2 atom stereocenters. The highest BCUT2D eigenvalue weighted by Gasteiger charge is 2.29. The number of nitrogens with zero attached hydrogens (tertiary/aromatic N) is 5. The standard InChI is InChI=1S/C22H24Cl2FN5O2/c1-4-9-32-16-7-8-26-19(24)17(16)30-21-14(10-15(25)18(23)27-21)20(28-22(30)31)29-11-12(2)5-6-13(29)3/h7-8,10,12-13H,4-6,9,11H2,1-3H3/t12-,13-/m0/s1. The van der Waals surface area contributed by atoms with E-state index in [9.17, 15) is 9.18 Å². The average molecular weight is 480 g/mol. The maximum atomic E-state index is 14.5. The zero-order valence-corrected chi connectivity index (χ0v) is 19.6. The molecule has 4 heterocycles. The Morgan fingerprint density at radius 3 is 2.75 bits per heavy atom. The number of hydrogen-bond donors (Lipinski definition) is 0. The molecule has 0 saturated carbocycles. The van der Waals surface area contributed by atoms with E-state index in [0.717, 1.165) is 19.3 Å². The SMILES string of the molecule is CCCOc1ccnc(Cl)c1-n1c(=O)nc(N2C[C@@H](C)CC[C@@H]2C)c2cc(F)c(Cl)nc21. The first kappa shape index (κ1) is 22.7. The van der Waals surface area contributed by atoms with E-state index in [1.807, 2.05) is 11.8 Å². The molecule has 32 heavy (non-hydrogen) atoms. The van der Waals surface area contributed by atoms with Crippen LogP contribution in [0.2, 0.25) is 10.3 Å². The Hall–Kier alpha value is -2.45. The van der Waals surface area contributed by atoms with E-state index in [4.69, 9.17) is 27.9 Å². The van der Waals surface area contributed by atoms with Crippen molar-refractivity contribution in [2.75, 3.05) is 18.1 Å². The fraction of sp³-hybridized carbons (Fsp3) is 0.455. The van der Waals surface area contributed by atoms with Gasteiger partial charge in [0, 0.05) is 24.8 Å². The Balaban J connectivity index is 2.03. The number of piperidine rings is 1. The second-order valence-electron chi connectivity index (χ2n) is 8.17. The van der Waals surface area contributed by atoms with Crippen molar-refractivity contribution in [2.45, 2.75) is 46.1 Å². The molecule has 7 nitrogen and oxygen atoms in total. The van der Waals surface area contributed by atoms with Crippen molar-refractivity contribution in [1.29, 1.82) is 0 Å². The van der Waals surface area contributed by atoms with Gasteiger partial charge >= 0.3 is 5.69 Å². The van der Waals surface area contributed by atoms with Crippen molar-refractivity contribution < 1.29 is 9.13 Å². The van der Waals surface area contributed by atoms with Crippen molar-refractivity contribution >= 4 is 40.1 Å². The second kappa shape index (κ2) is 9.19. The molecule has 0 aliphatic carbocycles. The Morgan fingerprint density at radius 1 is 1.22 bits per heavy atom. The van der Waals surface area contributed by atoms with Gasteiger partial charge in [-0.3, -0.25) is 0 Å². The molecule has 0 N–H and O–H groups in total. The lowest BCUT2D eigenvalue weighted by atomic mass is 9.95. The van der Waals surface area contributed by atoms with E-state index in [1.54, 1.807) is 6.07 Å². The Kier molecular flexibility index (Phi) is 6.53. The van der Waals surface area contributed by atoms with Crippen molar-refractivity contribution in [3.05, 3.63) is 44.9 Å². The van der Waals surface area contributed by atoms with Gasteiger partial charge in [0.2, 0.25) is 0 Å². The predicted molar refractivity (Wildman–Crippen MR) is 124 cm³/mol.